The number of fused-ring (bicyclic) bond motifs is 5. The highest BCUT2D eigenvalue weighted by molar-refractivity contribution is 7.86. The third kappa shape index (κ3) is 4.72. The molecule has 4 rings (SSSR count). The van der Waals surface area contributed by atoms with Crippen LogP contribution in [0.25, 0.3) is 0 Å². The van der Waals surface area contributed by atoms with Gasteiger partial charge in [-0.15, -0.1) is 0 Å². The van der Waals surface area contributed by atoms with Crippen LogP contribution < -0.4 is 5.32 Å². The molecule has 0 aromatic carbocycles. The number of amides is 1. The molecule has 194 valence electrons. The number of carbonyl (C=O) groups is 2. The highest BCUT2D eigenvalue weighted by atomic mass is 32.2. The third-order valence-corrected chi connectivity index (χ3v) is 12.3. The summed E-state index contributed by atoms with van der Waals surface area (Å²) in [5.41, 5.74) is 0.671. The summed E-state index contributed by atoms with van der Waals surface area (Å²) < 4.78 is 33.1. The molecule has 6 nitrogen and oxygen atoms in total. The van der Waals surface area contributed by atoms with Crippen molar-refractivity contribution in [2.45, 2.75) is 104 Å². The summed E-state index contributed by atoms with van der Waals surface area (Å²) in [7, 11) is -4.37. The minimum atomic E-state index is -4.37. The second-order valence-electron chi connectivity index (χ2n) is 12.8. The number of hydrogen-bond acceptors (Lipinski definition) is 5. The Labute approximate surface area is 206 Å². The first-order valence-electron chi connectivity index (χ1n) is 13.6. The fourth-order valence-corrected chi connectivity index (χ4v) is 9.32. The Morgan fingerprint density at radius 2 is 1.76 bits per heavy atom. The molecule has 0 radical (unpaired) electrons. The summed E-state index contributed by atoms with van der Waals surface area (Å²) in [6.07, 6.45) is 11.4. The molecular formula is C27H44NO5S-. The molecule has 34 heavy (non-hydrogen) atoms. The number of nitrogens with one attached hydrogen (secondary N) is 1. The monoisotopic (exact) mass is 494 g/mol. The maximum atomic E-state index is 12.3. The molecule has 4 saturated carbocycles. The fourth-order valence-electron chi connectivity index (χ4n) is 9.03. The molecule has 1 amide bonds. The first-order chi connectivity index (χ1) is 15.9. The topological polar surface area (TPSA) is 103 Å². The van der Waals surface area contributed by atoms with Crippen LogP contribution in [0.2, 0.25) is 0 Å². The lowest BCUT2D eigenvalue weighted by atomic mass is 9.44. The number of ketones is 1. The smallest absolute Gasteiger partial charge is 0.220 e. The quantitative estimate of drug-likeness (QED) is 0.518. The van der Waals surface area contributed by atoms with Crippen LogP contribution in [0.1, 0.15) is 98.3 Å². The molecule has 0 aromatic rings. The van der Waals surface area contributed by atoms with Crippen LogP contribution >= 0.6 is 0 Å². The van der Waals surface area contributed by atoms with Gasteiger partial charge in [0.1, 0.15) is 5.78 Å². The summed E-state index contributed by atoms with van der Waals surface area (Å²) >= 11 is 0. The lowest BCUT2D eigenvalue weighted by Crippen LogP contribution is -2.53. The summed E-state index contributed by atoms with van der Waals surface area (Å²) in [4.78, 5) is 24.4. The lowest BCUT2D eigenvalue weighted by Gasteiger charge is -2.60. The number of hydrogen-bond donors (Lipinski definition) is 1. The van der Waals surface area contributed by atoms with Crippen LogP contribution in [0.3, 0.4) is 0 Å². The highest BCUT2D eigenvalue weighted by Gasteiger charge is 2.60. The fraction of sp³-hybridized carbons (Fsp3) is 0.926. The summed E-state index contributed by atoms with van der Waals surface area (Å²) in [5, 5.41) is 1.53. The molecule has 4 aliphatic rings. The van der Waals surface area contributed by atoms with Gasteiger partial charge in [-0.1, -0.05) is 20.8 Å². The van der Waals surface area contributed by atoms with Gasteiger partial charge >= 0.3 is 0 Å². The largest absolute Gasteiger partial charge is 0.748 e. The minimum absolute atomic E-state index is 0.114. The van der Waals surface area contributed by atoms with Crippen LogP contribution in [-0.4, -0.2) is 36.5 Å². The second-order valence-corrected chi connectivity index (χ2v) is 14.5. The SMILES string of the molecule is C[C@H](CCC(=O)NC[C@H](C)S(=O)(=O)[O-])[C@H]1CC[C@H]2[C@@H]3CC[C@@H]4CC(=O)CC[C@]4(C)[C@H]3CC[C@]12C. The number of carbonyl (C=O) groups excluding carboxylic acids is 2. The van der Waals surface area contributed by atoms with E-state index in [1.54, 1.807) is 0 Å². The molecule has 0 heterocycles. The standard InChI is InChI=1S/C27H45NO5S/c1-17(5-10-25(30)28-16-18(2)34(31,32)33)22-8-9-23-21-7-6-19-15-20(29)11-13-26(19,3)24(21)12-14-27(22,23)4/h17-19,21-24H,5-16H2,1-4H3,(H,28,30)(H,31,32,33)/p-1/t17-,18+,19-,21+,22-,23+,24+,26+,27-/m1/s1. The normalized spacial score (nSPS) is 41.7. The maximum absolute atomic E-state index is 12.3. The molecule has 4 fully saturated rings. The van der Waals surface area contributed by atoms with Crippen molar-refractivity contribution in [2.24, 2.45) is 46.3 Å². The Bertz CT molecular complexity index is 903. The van der Waals surface area contributed by atoms with Gasteiger partial charge < -0.3 is 9.87 Å². The van der Waals surface area contributed by atoms with Crippen molar-refractivity contribution in [1.29, 1.82) is 0 Å². The zero-order chi connectivity index (χ0) is 24.9. The van der Waals surface area contributed by atoms with E-state index in [2.05, 4.69) is 26.1 Å². The van der Waals surface area contributed by atoms with Gasteiger partial charge in [-0.3, -0.25) is 9.59 Å². The van der Waals surface area contributed by atoms with Gasteiger partial charge in [0.15, 0.2) is 0 Å². The summed E-state index contributed by atoms with van der Waals surface area (Å²) in [6.45, 7) is 8.52. The number of rotatable bonds is 7. The van der Waals surface area contributed by atoms with Crippen molar-refractivity contribution in [3.63, 3.8) is 0 Å². The van der Waals surface area contributed by atoms with Crippen LogP contribution in [-0.2, 0) is 19.7 Å². The third-order valence-electron chi connectivity index (χ3n) is 11.1. The van der Waals surface area contributed by atoms with E-state index in [1.165, 1.54) is 45.4 Å². The molecule has 0 spiro atoms. The lowest BCUT2D eigenvalue weighted by molar-refractivity contribution is -0.140. The first kappa shape index (κ1) is 26.1. The second kappa shape index (κ2) is 9.49. The summed E-state index contributed by atoms with van der Waals surface area (Å²) in [5.74, 6) is 4.26. The van der Waals surface area contributed by atoms with E-state index in [1.807, 2.05) is 0 Å². The maximum Gasteiger partial charge on any atom is 0.220 e. The molecule has 0 saturated heterocycles. The van der Waals surface area contributed by atoms with E-state index in [0.29, 0.717) is 40.8 Å². The van der Waals surface area contributed by atoms with Gasteiger partial charge in [0.2, 0.25) is 5.91 Å². The van der Waals surface area contributed by atoms with Crippen molar-refractivity contribution in [3.8, 4) is 0 Å². The van der Waals surface area contributed by atoms with Crippen molar-refractivity contribution in [1.82, 2.24) is 5.32 Å². The van der Waals surface area contributed by atoms with E-state index in [9.17, 15) is 22.6 Å². The molecule has 7 heteroatoms. The molecule has 0 bridgehead atoms. The van der Waals surface area contributed by atoms with Crippen LogP contribution in [0.4, 0.5) is 0 Å². The Balaban J connectivity index is 1.35. The Morgan fingerprint density at radius 3 is 2.47 bits per heavy atom. The molecule has 0 unspecified atom stereocenters. The first-order valence-corrected chi connectivity index (χ1v) is 15.1. The van der Waals surface area contributed by atoms with Crippen molar-refractivity contribution < 1.29 is 22.6 Å². The summed E-state index contributed by atoms with van der Waals surface area (Å²) in [6, 6.07) is 0. The predicted octanol–water partition coefficient (Wildman–Crippen LogP) is 4.68. The van der Waals surface area contributed by atoms with Crippen LogP contribution in [0, 0.1) is 46.3 Å². The van der Waals surface area contributed by atoms with E-state index in [4.69, 9.17) is 0 Å². The average Bonchev–Trinajstić information content (AvgIpc) is 3.13. The Kier molecular flexibility index (Phi) is 7.29. The molecule has 0 aromatic heterocycles. The molecule has 4 aliphatic carbocycles. The molecule has 9 atom stereocenters. The van der Waals surface area contributed by atoms with Crippen molar-refractivity contribution in [3.05, 3.63) is 0 Å². The van der Waals surface area contributed by atoms with Gasteiger partial charge in [-0.25, -0.2) is 8.42 Å². The van der Waals surface area contributed by atoms with Gasteiger partial charge in [-0.05, 0) is 105 Å². The molecule has 1 N–H and O–H groups in total. The van der Waals surface area contributed by atoms with E-state index in [0.717, 1.165) is 43.4 Å². The Hall–Kier alpha value is -0.950. The minimum Gasteiger partial charge on any atom is -0.748 e. The van der Waals surface area contributed by atoms with Crippen molar-refractivity contribution >= 4 is 21.8 Å². The highest BCUT2D eigenvalue weighted by Crippen LogP contribution is 2.68. The molecular weight excluding hydrogens is 450 g/mol. The van der Waals surface area contributed by atoms with Crippen LogP contribution in [0.15, 0.2) is 0 Å². The van der Waals surface area contributed by atoms with Gasteiger partial charge in [0.05, 0.1) is 15.4 Å². The zero-order valence-electron chi connectivity index (χ0n) is 21.5. The van der Waals surface area contributed by atoms with Crippen molar-refractivity contribution in [2.75, 3.05) is 6.54 Å². The van der Waals surface area contributed by atoms with Crippen LogP contribution in [0.5, 0.6) is 0 Å². The molecule has 0 aliphatic heterocycles. The van der Waals surface area contributed by atoms with E-state index in [-0.39, 0.29) is 12.5 Å². The average molecular weight is 495 g/mol. The van der Waals surface area contributed by atoms with Gasteiger partial charge in [0, 0.05) is 25.8 Å². The van der Waals surface area contributed by atoms with E-state index >= 15 is 0 Å². The predicted molar refractivity (Wildman–Crippen MR) is 131 cm³/mol. The van der Waals surface area contributed by atoms with E-state index < -0.39 is 15.4 Å². The Morgan fingerprint density at radius 1 is 1.06 bits per heavy atom. The van der Waals surface area contributed by atoms with Gasteiger partial charge in [0.25, 0.3) is 0 Å². The zero-order valence-corrected chi connectivity index (χ0v) is 22.3. The number of Topliss-reactive ketones (excluding diaryl/α,β-unsaturated/α-hetero) is 1. The van der Waals surface area contributed by atoms with Gasteiger partial charge in [-0.2, -0.15) is 0 Å².